The fourth-order valence-corrected chi connectivity index (χ4v) is 3.12. The average molecular weight is 531 g/mol. The van der Waals surface area contributed by atoms with Crippen LogP contribution in [-0.2, 0) is 11.8 Å². The molecular formula is C22H17F4N9O3. The molecule has 0 radical (unpaired) electrons. The Morgan fingerprint density at radius 1 is 1.00 bits per heavy atom. The van der Waals surface area contributed by atoms with Crippen molar-refractivity contribution < 1.29 is 31.9 Å². The molecule has 0 aliphatic rings. The minimum atomic E-state index is -2.86. The summed E-state index contributed by atoms with van der Waals surface area (Å²) in [6.07, 6.45) is -1.09. The SMILES string of the molecule is C[C@@H](OC(=O)Nc1c(-c2ccc(NC(=O)c3cnc(C(F)F)nc3)cn2)nnn1C)c1cc(F)cnc1F. The number of ether oxygens (including phenoxy) is 1. The highest BCUT2D eigenvalue weighted by Gasteiger charge is 2.21. The molecule has 0 saturated carbocycles. The van der Waals surface area contributed by atoms with E-state index in [0.29, 0.717) is 6.20 Å². The molecule has 2 amide bonds. The van der Waals surface area contributed by atoms with Crippen molar-refractivity contribution in [3.05, 3.63) is 71.7 Å². The fourth-order valence-electron chi connectivity index (χ4n) is 3.12. The fraction of sp³-hybridized carbons (Fsp3) is 0.182. The topological polar surface area (TPSA) is 150 Å². The Morgan fingerprint density at radius 3 is 2.39 bits per heavy atom. The summed E-state index contributed by atoms with van der Waals surface area (Å²) in [5.41, 5.74) is 0.364. The van der Waals surface area contributed by atoms with Crippen molar-refractivity contribution in [3.63, 3.8) is 0 Å². The molecule has 0 spiro atoms. The predicted molar refractivity (Wildman–Crippen MR) is 122 cm³/mol. The number of aryl methyl sites for hydroxylation is 1. The number of halogens is 4. The summed E-state index contributed by atoms with van der Waals surface area (Å²) < 4.78 is 58.8. The Labute approximate surface area is 211 Å². The van der Waals surface area contributed by atoms with Crippen LogP contribution in [0.15, 0.2) is 43.0 Å². The zero-order valence-electron chi connectivity index (χ0n) is 19.6. The molecule has 0 aromatic carbocycles. The number of amides is 2. The van der Waals surface area contributed by atoms with Gasteiger partial charge in [-0.3, -0.25) is 15.1 Å². The first-order valence-corrected chi connectivity index (χ1v) is 10.7. The van der Waals surface area contributed by atoms with Gasteiger partial charge in [-0.1, -0.05) is 5.21 Å². The summed E-state index contributed by atoms with van der Waals surface area (Å²) >= 11 is 0. The third kappa shape index (κ3) is 5.85. The zero-order valence-corrected chi connectivity index (χ0v) is 19.6. The van der Waals surface area contributed by atoms with Crippen LogP contribution < -0.4 is 10.6 Å². The van der Waals surface area contributed by atoms with E-state index in [4.69, 9.17) is 4.74 Å². The smallest absolute Gasteiger partial charge is 0.413 e. The van der Waals surface area contributed by atoms with E-state index in [1.54, 1.807) is 0 Å². The minimum absolute atomic E-state index is 0.0412. The monoisotopic (exact) mass is 531 g/mol. The molecule has 0 aliphatic carbocycles. The number of hydrogen-bond acceptors (Lipinski definition) is 9. The number of pyridine rings is 2. The lowest BCUT2D eigenvalue weighted by Gasteiger charge is -2.15. The van der Waals surface area contributed by atoms with Gasteiger partial charge in [0.1, 0.15) is 11.9 Å². The van der Waals surface area contributed by atoms with Crippen molar-refractivity contribution in [2.24, 2.45) is 7.05 Å². The van der Waals surface area contributed by atoms with Gasteiger partial charge in [0.15, 0.2) is 17.3 Å². The molecule has 4 rings (SSSR count). The van der Waals surface area contributed by atoms with Crippen LogP contribution in [0.25, 0.3) is 11.4 Å². The second kappa shape index (κ2) is 10.9. The van der Waals surface area contributed by atoms with Crippen LogP contribution in [-0.4, -0.2) is 46.9 Å². The summed E-state index contributed by atoms with van der Waals surface area (Å²) in [4.78, 5) is 39.1. The second-order valence-electron chi connectivity index (χ2n) is 7.63. The quantitative estimate of drug-likeness (QED) is 0.268. The van der Waals surface area contributed by atoms with E-state index in [1.807, 2.05) is 0 Å². The minimum Gasteiger partial charge on any atom is -0.441 e. The molecule has 12 nitrogen and oxygen atoms in total. The van der Waals surface area contributed by atoms with Gasteiger partial charge >= 0.3 is 6.09 Å². The van der Waals surface area contributed by atoms with Crippen LogP contribution in [0.2, 0.25) is 0 Å². The van der Waals surface area contributed by atoms with Crippen LogP contribution in [0.1, 0.15) is 41.2 Å². The van der Waals surface area contributed by atoms with Gasteiger partial charge in [0.25, 0.3) is 12.3 Å². The van der Waals surface area contributed by atoms with E-state index in [0.717, 1.165) is 18.5 Å². The molecule has 2 N–H and O–H groups in total. The lowest BCUT2D eigenvalue weighted by atomic mass is 10.2. The summed E-state index contributed by atoms with van der Waals surface area (Å²) in [7, 11) is 1.49. The van der Waals surface area contributed by atoms with Crippen molar-refractivity contribution in [1.29, 1.82) is 0 Å². The molecule has 16 heteroatoms. The van der Waals surface area contributed by atoms with Crippen LogP contribution in [0.5, 0.6) is 0 Å². The number of rotatable bonds is 7. The van der Waals surface area contributed by atoms with Crippen LogP contribution in [0.4, 0.5) is 33.9 Å². The van der Waals surface area contributed by atoms with Crippen molar-refractivity contribution in [1.82, 2.24) is 34.9 Å². The van der Waals surface area contributed by atoms with E-state index in [-0.39, 0.29) is 34.0 Å². The van der Waals surface area contributed by atoms with Gasteiger partial charge in [-0.05, 0) is 25.1 Å². The number of alkyl halides is 2. The molecule has 196 valence electrons. The Balaban J connectivity index is 1.43. The van der Waals surface area contributed by atoms with Gasteiger partial charge in [-0.2, -0.15) is 4.39 Å². The summed E-state index contributed by atoms with van der Waals surface area (Å²) in [5, 5.41) is 12.8. The van der Waals surface area contributed by atoms with E-state index < -0.39 is 42.1 Å². The second-order valence-corrected chi connectivity index (χ2v) is 7.63. The Kier molecular flexibility index (Phi) is 7.50. The molecule has 0 fully saturated rings. The Hall–Kier alpha value is -5.02. The molecule has 1 atom stereocenters. The summed E-state index contributed by atoms with van der Waals surface area (Å²) in [6, 6.07) is 3.82. The first kappa shape index (κ1) is 26.1. The van der Waals surface area contributed by atoms with E-state index >= 15 is 0 Å². The van der Waals surface area contributed by atoms with Crippen LogP contribution in [0.3, 0.4) is 0 Å². The lowest BCUT2D eigenvalue weighted by molar-refractivity contribution is 0.102. The highest BCUT2D eigenvalue weighted by Crippen LogP contribution is 2.26. The number of anilines is 2. The maximum Gasteiger partial charge on any atom is 0.413 e. The highest BCUT2D eigenvalue weighted by atomic mass is 19.3. The number of aromatic nitrogens is 7. The number of carbonyl (C=O) groups is 2. The van der Waals surface area contributed by atoms with Crippen LogP contribution in [0, 0.1) is 11.8 Å². The van der Waals surface area contributed by atoms with Crippen molar-refractivity contribution in [2.45, 2.75) is 19.5 Å². The Bertz CT molecular complexity index is 1460. The van der Waals surface area contributed by atoms with E-state index in [2.05, 4.69) is 40.9 Å². The summed E-state index contributed by atoms with van der Waals surface area (Å²) in [5.74, 6) is -3.04. The predicted octanol–water partition coefficient (Wildman–Crippen LogP) is 3.84. The van der Waals surface area contributed by atoms with Crippen molar-refractivity contribution in [3.8, 4) is 11.4 Å². The largest absolute Gasteiger partial charge is 0.441 e. The lowest BCUT2D eigenvalue weighted by Crippen LogP contribution is -2.19. The van der Waals surface area contributed by atoms with E-state index in [9.17, 15) is 27.2 Å². The first-order chi connectivity index (χ1) is 18.1. The van der Waals surface area contributed by atoms with E-state index in [1.165, 1.54) is 37.0 Å². The van der Waals surface area contributed by atoms with Gasteiger partial charge in [-0.25, -0.2) is 37.6 Å². The third-order valence-corrected chi connectivity index (χ3v) is 5.00. The maximum atomic E-state index is 13.9. The van der Waals surface area contributed by atoms with Gasteiger partial charge < -0.3 is 10.1 Å². The number of hydrogen-bond donors (Lipinski definition) is 2. The number of carbonyl (C=O) groups excluding carboxylic acids is 2. The molecule has 0 unspecified atom stereocenters. The average Bonchev–Trinajstić information content (AvgIpc) is 3.25. The van der Waals surface area contributed by atoms with Gasteiger partial charge in [0.05, 0.1) is 34.9 Å². The number of nitrogens with one attached hydrogen (secondary N) is 2. The molecule has 0 bridgehead atoms. The van der Waals surface area contributed by atoms with Crippen molar-refractivity contribution in [2.75, 3.05) is 10.6 Å². The summed E-state index contributed by atoms with van der Waals surface area (Å²) in [6.45, 7) is 1.34. The first-order valence-electron chi connectivity index (χ1n) is 10.7. The van der Waals surface area contributed by atoms with Crippen molar-refractivity contribution >= 4 is 23.5 Å². The normalized spacial score (nSPS) is 11.8. The van der Waals surface area contributed by atoms with Crippen LogP contribution >= 0.6 is 0 Å². The van der Waals surface area contributed by atoms with Gasteiger partial charge in [0.2, 0.25) is 5.95 Å². The molecule has 4 aromatic rings. The molecule has 0 saturated heterocycles. The molecule has 4 heterocycles. The number of nitrogens with zero attached hydrogens (tertiary/aromatic N) is 7. The highest BCUT2D eigenvalue weighted by molar-refractivity contribution is 6.03. The molecular weight excluding hydrogens is 514 g/mol. The third-order valence-electron chi connectivity index (χ3n) is 5.00. The standard InChI is InChI=1S/C22H17F4N9O3/c1-10(14-5-12(23)8-28-18(14)26)38-22(37)32-20-16(33-34-35(20)2)15-4-3-13(9-27-15)31-21(36)11-6-29-19(17(24)25)30-7-11/h3-10,17H,1-2H3,(H,31,36)(H,32,37)/t10-/m1/s1. The molecule has 4 aromatic heterocycles. The Morgan fingerprint density at radius 2 is 1.74 bits per heavy atom. The molecule has 0 aliphatic heterocycles. The van der Waals surface area contributed by atoms with Gasteiger partial charge in [-0.15, -0.1) is 5.10 Å². The zero-order chi connectivity index (χ0) is 27.4. The van der Waals surface area contributed by atoms with Gasteiger partial charge in [0, 0.05) is 19.4 Å². The maximum absolute atomic E-state index is 13.9. The molecule has 38 heavy (non-hydrogen) atoms.